The van der Waals surface area contributed by atoms with Crippen molar-refractivity contribution in [2.75, 3.05) is 10.6 Å². The number of nitrogens with one attached hydrogen (secondary N) is 2. The molecule has 9 heteroatoms. The number of nitro benzene ring substituents is 1. The quantitative estimate of drug-likeness (QED) is 0.372. The SMILES string of the molecule is N#C/C(=C/Nc1ccc(Cl)cn1)C(=O)Nc1ccc([N+](=O)[O-])cc1. The largest absolute Gasteiger partial charge is 0.345 e. The molecule has 2 N–H and O–H groups in total. The van der Waals surface area contributed by atoms with Crippen molar-refractivity contribution >= 4 is 34.7 Å². The Morgan fingerprint density at radius 3 is 2.54 bits per heavy atom. The zero-order valence-electron chi connectivity index (χ0n) is 12.1. The fraction of sp³-hybridized carbons (Fsp3) is 0. The van der Waals surface area contributed by atoms with Gasteiger partial charge in [-0.3, -0.25) is 14.9 Å². The molecule has 0 spiro atoms. The molecule has 0 saturated heterocycles. The minimum absolute atomic E-state index is 0.0977. The van der Waals surface area contributed by atoms with Crippen LogP contribution >= 0.6 is 11.6 Å². The van der Waals surface area contributed by atoms with E-state index in [1.54, 1.807) is 18.2 Å². The molecular weight excluding hydrogens is 334 g/mol. The molecule has 1 amide bonds. The molecule has 24 heavy (non-hydrogen) atoms. The van der Waals surface area contributed by atoms with Gasteiger partial charge in [0.1, 0.15) is 17.5 Å². The average Bonchev–Trinajstić information content (AvgIpc) is 2.57. The number of benzene rings is 1. The number of carbonyl (C=O) groups excluding carboxylic acids is 1. The molecule has 120 valence electrons. The predicted molar refractivity (Wildman–Crippen MR) is 88.3 cm³/mol. The Morgan fingerprint density at radius 2 is 2.00 bits per heavy atom. The number of pyridine rings is 1. The molecule has 0 aliphatic carbocycles. The third-order valence-electron chi connectivity index (χ3n) is 2.79. The van der Waals surface area contributed by atoms with Gasteiger partial charge in [-0.2, -0.15) is 5.26 Å². The summed E-state index contributed by atoms with van der Waals surface area (Å²) in [4.78, 5) is 26.0. The molecule has 0 bridgehead atoms. The van der Waals surface area contributed by atoms with E-state index in [0.717, 1.165) is 0 Å². The maximum Gasteiger partial charge on any atom is 0.269 e. The smallest absolute Gasteiger partial charge is 0.269 e. The summed E-state index contributed by atoms with van der Waals surface area (Å²) < 4.78 is 0. The van der Waals surface area contributed by atoms with Crippen LogP contribution in [0.4, 0.5) is 17.2 Å². The van der Waals surface area contributed by atoms with E-state index in [4.69, 9.17) is 16.9 Å². The van der Waals surface area contributed by atoms with E-state index in [-0.39, 0.29) is 11.3 Å². The molecule has 0 aliphatic heterocycles. The maximum absolute atomic E-state index is 12.0. The third-order valence-corrected chi connectivity index (χ3v) is 3.02. The Bertz CT molecular complexity index is 826. The monoisotopic (exact) mass is 343 g/mol. The summed E-state index contributed by atoms with van der Waals surface area (Å²) in [6, 6.07) is 10.2. The molecule has 2 aromatic rings. The van der Waals surface area contributed by atoms with E-state index in [1.165, 1.54) is 36.7 Å². The minimum atomic E-state index is -0.659. The predicted octanol–water partition coefficient (Wildman–Crippen LogP) is 3.10. The summed E-state index contributed by atoms with van der Waals surface area (Å²) in [5.74, 6) is -0.247. The van der Waals surface area contributed by atoms with Crippen molar-refractivity contribution in [3.05, 3.63) is 69.5 Å². The van der Waals surface area contributed by atoms with E-state index >= 15 is 0 Å². The molecule has 0 unspecified atom stereocenters. The van der Waals surface area contributed by atoms with Crippen molar-refractivity contribution in [3.63, 3.8) is 0 Å². The van der Waals surface area contributed by atoms with Crippen molar-refractivity contribution in [1.29, 1.82) is 5.26 Å². The van der Waals surface area contributed by atoms with Crippen molar-refractivity contribution in [2.24, 2.45) is 0 Å². The van der Waals surface area contributed by atoms with Crippen LogP contribution in [0.3, 0.4) is 0 Å². The normalized spacial score (nSPS) is 10.6. The first-order valence-electron chi connectivity index (χ1n) is 6.54. The van der Waals surface area contributed by atoms with Crippen LogP contribution in [0.5, 0.6) is 0 Å². The molecule has 0 radical (unpaired) electrons. The Morgan fingerprint density at radius 1 is 1.29 bits per heavy atom. The lowest BCUT2D eigenvalue weighted by atomic mass is 10.2. The second-order valence-corrected chi connectivity index (χ2v) is 4.87. The second kappa shape index (κ2) is 7.71. The summed E-state index contributed by atoms with van der Waals surface area (Å²) in [7, 11) is 0. The van der Waals surface area contributed by atoms with Crippen LogP contribution in [-0.4, -0.2) is 15.8 Å². The number of nitro groups is 1. The number of aromatic nitrogens is 1. The van der Waals surface area contributed by atoms with Gasteiger partial charge >= 0.3 is 0 Å². The minimum Gasteiger partial charge on any atom is -0.345 e. The van der Waals surface area contributed by atoms with Crippen LogP contribution in [0.1, 0.15) is 0 Å². The number of rotatable bonds is 5. The van der Waals surface area contributed by atoms with Crippen LogP contribution < -0.4 is 10.6 Å². The molecule has 0 fully saturated rings. The summed E-state index contributed by atoms with van der Waals surface area (Å²) in [6.07, 6.45) is 2.62. The molecule has 1 heterocycles. The highest BCUT2D eigenvalue weighted by molar-refractivity contribution is 6.30. The van der Waals surface area contributed by atoms with Gasteiger partial charge in [-0.15, -0.1) is 0 Å². The number of halogens is 1. The van der Waals surface area contributed by atoms with Crippen LogP contribution in [0, 0.1) is 21.4 Å². The third kappa shape index (κ3) is 4.53. The molecule has 0 aliphatic rings. The first-order valence-corrected chi connectivity index (χ1v) is 6.91. The highest BCUT2D eigenvalue weighted by Crippen LogP contribution is 2.16. The van der Waals surface area contributed by atoms with Crippen molar-refractivity contribution in [2.45, 2.75) is 0 Å². The Kier molecular flexibility index (Phi) is 5.44. The fourth-order valence-electron chi connectivity index (χ4n) is 1.62. The van der Waals surface area contributed by atoms with Gasteiger partial charge in [-0.05, 0) is 24.3 Å². The van der Waals surface area contributed by atoms with Crippen LogP contribution in [-0.2, 0) is 4.79 Å². The van der Waals surface area contributed by atoms with Gasteiger partial charge in [0.2, 0.25) is 0 Å². The fourth-order valence-corrected chi connectivity index (χ4v) is 1.73. The lowest BCUT2D eigenvalue weighted by Crippen LogP contribution is -2.14. The average molecular weight is 344 g/mol. The summed E-state index contributed by atoms with van der Waals surface area (Å²) in [6.45, 7) is 0. The second-order valence-electron chi connectivity index (χ2n) is 4.43. The van der Waals surface area contributed by atoms with Crippen molar-refractivity contribution < 1.29 is 9.72 Å². The Hall–Kier alpha value is -3.44. The number of nitrogens with zero attached hydrogens (tertiary/aromatic N) is 3. The molecule has 1 aromatic carbocycles. The van der Waals surface area contributed by atoms with Crippen LogP contribution in [0.15, 0.2) is 54.4 Å². The van der Waals surface area contributed by atoms with Gasteiger partial charge in [0.05, 0.1) is 9.95 Å². The molecule has 1 aromatic heterocycles. The maximum atomic E-state index is 12.0. The topological polar surface area (TPSA) is 121 Å². The Balaban J connectivity index is 2.05. The Labute approximate surface area is 141 Å². The zero-order chi connectivity index (χ0) is 17.5. The lowest BCUT2D eigenvalue weighted by Gasteiger charge is -2.05. The highest BCUT2D eigenvalue weighted by atomic mass is 35.5. The van der Waals surface area contributed by atoms with Gasteiger partial charge < -0.3 is 10.6 Å². The zero-order valence-corrected chi connectivity index (χ0v) is 12.8. The first kappa shape index (κ1) is 16.9. The number of hydrogen-bond donors (Lipinski definition) is 2. The van der Waals surface area contributed by atoms with E-state index in [1.807, 2.05) is 0 Å². The molecule has 8 nitrogen and oxygen atoms in total. The van der Waals surface area contributed by atoms with Gasteiger partial charge in [0.15, 0.2) is 0 Å². The lowest BCUT2D eigenvalue weighted by molar-refractivity contribution is -0.384. The van der Waals surface area contributed by atoms with E-state index in [2.05, 4.69) is 15.6 Å². The summed E-state index contributed by atoms with van der Waals surface area (Å²) in [5, 5.41) is 25.3. The van der Waals surface area contributed by atoms with Gasteiger partial charge in [-0.1, -0.05) is 11.6 Å². The number of nitriles is 1. The van der Waals surface area contributed by atoms with Crippen molar-refractivity contribution in [3.8, 4) is 6.07 Å². The molecular formula is C15H10ClN5O3. The number of amides is 1. The number of carbonyl (C=O) groups is 1. The van der Waals surface area contributed by atoms with Gasteiger partial charge in [0, 0.05) is 30.2 Å². The standard InChI is InChI=1S/C15H10ClN5O3/c16-11-1-6-14(19-9-11)18-8-10(7-17)15(22)20-12-2-4-13(5-3-12)21(23)24/h1-6,8-9H,(H,18,19)(H,20,22)/b10-8-. The van der Waals surface area contributed by atoms with Crippen LogP contribution in [0.2, 0.25) is 5.02 Å². The number of non-ortho nitro benzene ring substituents is 1. The van der Waals surface area contributed by atoms with Gasteiger partial charge in [0.25, 0.3) is 11.6 Å². The summed E-state index contributed by atoms with van der Waals surface area (Å²) in [5.41, 5.74) is 0.0426. The highest BCUT2D eigenvalue weighted by Gasteiger charge is 2.11. The molecule has 2 rings (SSSR count). The molecule has 0 saturated carbocycles. The summed E-state index contributed by atoms with van der Waals surface area (Å²) >= 11 is 5.71. The number of hydrogen-bond acceptors (Lipinski definition) is 6. The number of anilines is 2. The van der Waals surface area contributed by atoms with Gasteiger partial charge in [-0.25, -0.2) is 4.98 Å². The van der Waals surface area contributed by atoms with E-state index in [9.17, 15) is 14.9 Å². The van der Waals surface area contributed by atoms with Crippen molar-refractivity contribution in [1.82, 2.24) is 4.98 Å². The van der Waals surface area contributed by atoms with E-state index in [0.29, 0.717) is 16.5 Å². The van der Waals surface area contributed by atoms with E-state index < -0.39 is 10.8 Å². The molecule has 0 atom stereocenters. The first-order chi connectivity index (χ1) is 11.5. The van der Waals surface area contributed by atoms with Crippen LogP contribution in [0.25, 0.3) is 0 Å².